The van der Waals surface area contributed by atoms with Gasteiger partial charge in [-0.3, -0.25) is 4.79 Å². The predicted octanol–water partition coefficient (Wildman–Crippen LogP) is 1.68. The van der Waals surface area contributed by atoms with Crippen molar-refractivity contribution in [3.63, 3.8) is 0 Å². The lowest BCUT2D eigenvalue weighted by molar-refractivity contribution is -0.136. The molecule has 0 spiro atoms. The van der Waals surface area contributed by atoms with Crippen LogP contribution in [0.15, 0.2) is 12.4 Å². The number of piperazine rings is 1. The highest BCUT2D eigenvalue weighted by atomic mass is 32.1. The SMILES string of the molecule is CCOCC(=O)N1CCN(c2ncnc3sc(C)cc23)CC1. The zero-order valence-electron chi connectivity index (χ0n) is 12.9. The minimum absolute atomic E-state index is 0.0701. The number of amides is 1. The second kappa shape index (κ2) is 6.58. The van der Waals surface area contributed by atoms with E-state index >= 15 is 0 Å². The van der Waals surface area contributed by atoms with Crippen molar-refractivity contribution in [3.05, 3.63) is 17.3 Å². The van der Waals surface area contributed by atoms with Crippen molar-refractivity contribution in [1.82, 2.24) is 14.9 Å². The third-order valence-corrected chi connectivity index (χ3v) is 4.75. The molecule has 0 aromatic carbocycles. The Morgan fingerprint density at radius 3 is 2.82 bits per heavy atom. The molecule has 0 unspecified atom stereocenters. The number of carbonyl (C=O) groups is 1. The summed E-state index contributed by atoms with van der Waals surface area (Å²) in [5.74, 6) is 1.05. The van der Waals surface area contributed by atoms with Gasteiger partial charge in [0, 0.05) is 37.7 Å². The van der Waals surface area contributed by atoms with Crippen LogP contribution in [0.5, 0.6) is 0 Å². The largest absolute Gasteiger partial charge is 0.372 e. The van der Waals surface area contributed by atoms with Gasteiger partial charge in [-0.05, 0) is 19.9 Å². The van der Waals surface area contributed by atoms with Gasteiger partial charge in [0.1, 0.15) is 23.6 Å². The lowest BCUT2D eigenvalue weighted by Crippen LogP contribution is -2.50. The van der Waals surface area contributed by atoms with E-state index in [0.29, 0.717) is 19.7 Å². The molecule has 1 aliphatic heterocycles. The minimum Gasteiger partial charge on any atom is -0.372 e. The van der Waals surface area contributed by atoms with Gasteiger partial charge in [0.05, 0.1) is 5.39 Å². The number of thiophene rings is 1. The van der Waals surface area contributed by atoms with E-state index in [0.717, 1.165) is 29.1 Å². The van der Waals surface area contributed by atoms with E-state index in [2.05, 4.69) is 27.9 Å². The quantitative estimate of drug-likeness (QED) is 0.858. The highest BCUT2D eigenvalue weighted by Crippen LogP contribution is 2.30. The van der Waals surface area contributed by atoms with Gasteiger partial charge in [0.25, 0.3) is 0 Å². The number of anilines is 1. The molecular weight excluding hydrogens is 300 g/mol. The summed E-state index contributed by atoms with van der Waals surface area (Å²) < 4.78 is 5.20. The van der Waals surface area contributed by atoms with Gasteiger partial charge < -0.3 is 14.5 Å². The summed E-state index contributed by atoms with van der Waals surface area (Å²) in [6.07, 6.45) is 1.63. The molecule has 0 atom stereocenters. The van der Waals surface area contributed by atoms with Crippen LogP contribution in [0, 0.1) is 6.92 Å². The standard InChI is InChI=1S/C15H20N4O2S/c1-3-21-9-13(20)18-4-6-19(7-5-18)14-12-8-11(2)22-15(12)17-10-16-14/h8,10H,3-7,9H2,1-2H3. The highest BCUT2D eigenvalue weighted by Gasteiger charge is 2.23. The smallest absolute Gasteiger partial charge is 0.248 e. The van der Waals surface area contributed by atoms with Crippen molar-refractivity contribution >= 4 is 33.3 Å². The molecule has 118 valence electrons. The van der Waals surface area contributed by atoms with Crippen LogP contribution in [-0.4, -0.2) is 60.2 Å². The molecule has 0 radical (unpaired) electrons. The molecule has 2 aromatic heterocycles. The Hall–Kier alpha value is -1.73. The number of fused-ring (bicyclic) bond motifs is 1. The van der Waals surface area contributed by atoms with Crippen molar-refractivity contribution in [2.24, 2.45) is 0 Å². The van der Waals surface area contributed by atoms with E-state index < -0.39 is 0 Å². The molecule has 0 saturated carbocycles. The second-order valence-electron chi connectivity index (χ2n) is 5.28. The maximum Gasteiger partial charge on any atom is 0.248 e. The van der Waals surface area contributed by atoms with Gasteiger partial charge >= 0.3 is 0 Å². The number of rotatable bonds is 4. The molecule has 3 rings (SSSR count). The van der Waals surface area contributed by atoms with Gasteiger partial charge in [0.2, 0.25) is 5.91 Å². The van der Waals surface area contributed by atoms with Crippen molar-refractivity contribution in [2.75, 3.05) is 44.3 Å². The summed E-state index contributed by atoms with van der Waals surface area (Å²) in [5.41, 5.74) is 0. The lowest BCUT2D eigenvalue weighted by atomic mass is 10.2. The third-order valence-electron chi connectivity index (χ3n) is 3.79. The Balaban J connectivity index is 1.69. The van der Waals surface area contributed by atoms with Crippen LogP contribution >= 0.6 is 11.3 Å². The van der Waals surface area contributed by atoms with Gasteiger partial charge in [0.15, 0.2) is 0 Å². The average Bonchev–Trinajstić information content (AvgIpc) is 2.92. The molecule has 6 nitrogen and oxygen atoms in total. The van der Waals surface area contributed by atoms with Crippen molar-refractivity contribution < 1.29 is 9.53 Å². The molecule has 3 heterocycles. The molecule has 1 fully saturated rings. The highest BCUT2D eigenvalue weighted by molar-refractivity contribution is 7.18. The van der Waals surface area contributed by atoms with Crippen molar-refractivity contribution in [1.29, 1.82) is 0 Å². The number of hydrogen-bond acceptors (Lipinski definition) is 6. The predicted molar refractivity (Wildman–Crippen MR) is 87.4 cm³/mol. The van der Waals surface area contributed by atoms with E-state index in [1.807, 2.05) is 11.8 Å². The molecule has 7 heteroatoms. The van der Waals surface area contributed by atoms with Crippen molar-refractivity contribution in [2.45, 2.75) is 13.8 Å². The summed E-state index contributed by atoms with van der Waals surface area (Å²) in [5, 5.41) is 1.11. The number of hydrogen-bond donors (Lipinski definition) is 0. The molecule has 1 saturated heterocycles. The number of aryl methyl sites for hydroxylation is 1. The fraction of sp³-hybridized carbons (Fsp3) is 0.533. The average molecular weight is 320 g/mol. The van der Waals surface area contributed by atoms with E-state index in [1.165, 1.54) is 4.88 Å². The van der Waals surface area contributed by atoms with Gasteiger partial charge in [-0.2, -0.15) is 0 Å². The summed E-state index contributed by atoms with van der Waals surface area (Å²) in [6.45, 7) is 7.73. The fourth-order valence-corrected chi connectivity index (χ4v) is 3.51. The molecule has 2 aromatic rings. The van der Waals surface area contributed by atoms with Crippen LogP contribution in [0.3, 0.4) is 0 Å². The Morgan fingerprint density at radius 2 is 2.09 bits per heavy atom. The Kier molecular flexibility index (Phi) is 4.54. The number of ether oxygens (including phenoxy) is 1. The Bertz CT molecular complexity index is 665. The summed E-state index contributed by atoms with van der Waals surface area (Å²) in [7, 11) is 0. The monoisotopic (exact) mass is 320 g/mol. The Labute approximate surface area is 133 Å². The molecule has 22 heavy (non-hydrogen) atoms. The van der Waals surface area contributed by atoms with Crippen LogP contribution in [-0.2, 0) is 9.53 Å². The zero-order chi connectivity index (χ0) is 15.5. The van der Waals surface area contributed by atoms with E-state index in [1.54, 1.807) is 17.7 Å². The first-order chi connectivity index (χ1) is 10.7. The number of carbonyl (C=O) groups excluding carboxylic acids is 1. The van der Waals surface area contributed by atoms with E-state index in [4.69, 9.17) is 4.74 Å². The molecule has 1 aliphatic rings. The first-order valence-electron chi connectivity index (χ1n) is 7.50. The zero-order valence-corrected chi connectivity index (χ0v) is 13.7. The molecule has 1 amide bonds. The molecule has 0 N–H and O–H groups in total. The number of nitrogens with zero attached hydrogens (tertiary/aromatic N) is 4. The van der Waals surface area contributed by atoms with Gasteiger partial charge in [-0.1, -0.05) is 0 Å². The Morgan fingerprint density at radius 1 is 1.32 bits per heavy atom. The molecule has 0 aliphatic carbocycles. The maximum absolute atomic E-state index is 12.0. The van der Waals surface area contributed by atoms with E-state index in [9.17, 15) is 4.79 Å². The molecular formula is C15H20N4O2S. The first kappa shape index (κ1) is 15.2. The third kappa shape index (κ3) is 3.05. The number of aromatic nitrogens is 2. The fourth-order valence-electron chi connectivity index (χ4n) is 2.66. The first-order valence-corrected chi connectivity index (χ1v) is 8.32. The van der Waals surface area contributed by atoms with Gasteiger partial charge in [-0.25, -0.2) is 9.97 Å². The van der Waals surface area contributed by atoms with Crippen molar-refractivity contribution in [3.8, 4) is 0 Å². The normalized spacial score (nSPS) is 15.5. The topological polar surface area (TPSA) is 58.6 Å². The van der Waals surface area contributed by atoms with Crippen LogP contribution < -0.4 is 4.90 Å². The maximum atomic E-state index is 12.0. The lowest BCUT2D eigenvalue weighted by Gasteiger charge is -2.35. The summed E-state index contributed by atoms with van der Waals surface area (Å²) in [6, 6.07) is 2.14. The van der Waals surface area contributed by atoms with Gasteiger partial charge in [-0.15, -0.1) is 11.3 Å². The van der Waals surface area contributed by atoms with Crippen LogP contribution in [0.1, 0.15) is 11.8 Å². The summed E-state index contributed by atoms with van der Waals surface area (Å²) >= 11 is 1.69. The summed E-state index contributed by atoms with van der Waals surface area (Å²) in [4.78, 5) is 27.1. The van der Waals surface area contributed by atoms with E-state index in [-0.39, 0.29) is 12.5 Å². The van der Waals surface area contributed by atoms with Crippen LogP contribution in [0.25, 0.3) is 10.2 Å². The van der Waals surface area contributed by atoms with Crippen LogP contribution in [0.2, 0.25) is 0 Å². The van der Waals surface area contributed by atoms with Crippen LogP contribution in [0.4, 0.5) is 5.82 Å². The molecule has 0 bridgehead atoms. The second-order valence-corrected chi connectivity index (χ2v) is 6.51. The minimum atomic E-state index is 0.0701.